The van der Waals surface area contributed by atoms with E-state index in [1.165, 1.54) is 13.2 Å². The van der Waals surface area contributed by atoms with E-state index in [1.807, 2.05) is 0 Å². The van der Waals surface area contributed by atoms with Crippen LogP contribution in [0.25, 0.3) is 0 Å². The van der Waals surface area contributed by atoms with E-state index in [4.69, 9.17) is 9.47 Å². The molecule has 3 aromatic carbocycles. The van der Waals surface area contributed by atoms with E-state index in [9.17, 15) is 32.3 Å². The highest BCUT2D eigenvalue weighted by Gasteiger charge is 2.56. The van der Waals surface area contributed by atoms with Crippen molar-refractivity contribution in [1.82, 2.24) is 4.98 Å². The third-order valence-corrected chi connectivity index (χ3v) is 9.64. The molecule has 1 aromatic heterocycles. The van der Waals surface area contributed by atoms with Crippen molar-refractivity contribution in [2.45, 2.75) is 22.4 Å². The maximum absolute atomic E-state index is 13.8. The fraction of sp³-hybridized carbons (Fsp3) is 0.200. The fourth-order valence-corrected chi connectivity index (χ4v) is 7.76. The zero-order chi connectivity index (χ0) is 31.2. The van der Waals surface area contributed by atoms with Crippen molar-refractivity contribution in [3.8, 4) is 11.5 Å². The van der Waals surface area contributed by atoms with Gasteiger partial charge in [0.15, 0.2) is 6.61 Å². The number of imide groups is 1. The van der Waals surface area contributed by atoms with Gasteiger partial charge in [-0.05, 0) is 60.2 Å². The van der Waals surface area contributed by atoms with Crippen molar-refractivity contribution in [3.05, 3.63) is 98.5 Å². The normalized spacial score (nSPS) is 19.4. The number of hydrogen-bond acceptors (Lipinski definition) is 8. The number of methoxy groups -OCH3 is 1. The number of nitrogens with one attached hydrogen (secondary N) is 2. The first kappa shape index (κ1) is 29.5. The summed E-state index contributed by atoms with van der Waals surface area (Å²) in [4.78, 5) is 55.7. The molecule has 1 saturated heterocycles. The van der Waals surface area contributed by atoms with Crippen LogP contribution < -0.4 is 24.6 Å². The molecule has 0 radical (unpaired) electrons. The van der Waals surface area contributed by atoms with E-state index >= 15 is 0 Å². The van der Waals surface area contributed by atoms with Crippen LogP contribution in [0.2, 0.25) is 0 Å². The number of carbonyl (C=O) groups excluding carboxylic acids is 3. The molecule has 3 heterocycles. The number of rotatable bonds is 7. The molecule has 2 aliphatic heterocycles. The van der Waals surface area contributed by atoms with Gasteiger partial charge in [0, 0.05) is 16.5 Å². The SMILES string of the molecule is COc1ccc(NC(=O)COc2ccc(C3c4sc(=O)[nH]c4SC4C(=O)N(c5cccc(C(F)(F)F)c5)C(=O)C43)cc2)cc1. The number of nitrogens with zero attached hydrogens (tertiary/aromatic N) is 1. The number of hydrogen-bond donors (Lipinski definition) is 2. The van der Waals surface area contributed by atoms with E-state index < -0.39 is 46.5 Å². The Bertz CT molecular complexity index is 1800. The number of H-pyrrole nitrogens is 1. The van der Waals surface area contributed by atoms with Gasteiger partial charge in [0.1, 0.15) is 16.7 Å². The lowest BCUT2D eigenvalue weighted by atomic mass is 9.83. The Morgan fingerprint density at radius 3 is 2.36 bits per heavy atom. The van der Waals surface area contributed by atoms with Gasteiger partial charge in [-0.3, -0.25) is 19.2 Å². The zero-order valence-corrected chi connectivity index (χ0v) is 24.3. The molecule has 4 aromatic rings. The molecule has 0 bridgehead atoms. The van der Waals surface area contributed by atoms with Gasteiger partial charge in [0.05, 0.1) is 29.3 Å². The van der Waals surface area contributed by atoms with Gasteiger partial charge < -0.3 is 19.8 Å². The Morgan fingerprint density at radius 2 is 1.68 bits per heavy atom. The Kier molecular flexibility index (Phi) is 7.72. The quantitative estimate of drug-likeness (QED) is 0.264. The van der Waals surface area contributed by atoms with Gasteiger partial charge in [-0.2, -0.15) is 13.2 Å². The number of thioether (sulfide) groups is 1. The Balaban J connectivity index is 1.23. The van der Waals surface area contributed by atoms with Crippen LogP contribution in [-0.2, 0) is 20.6 Å². The van der Waals surface area contributed by atoms with E-state index in [2.05, 4.69) is 10.3 Å². The molecule has 3 unspecified atom stereocenters. The number of aromatic nitrogens is 1. The summed E-state index contributed by atoms with van der Waals surface area (Å²) < 4.78 is 50.9. The molecule has 1 fully saturated rings. The summed E-state index contributed by atoms with van der Waals surface area (Å²) in [6.45, 7) is -0.279. The molecule has 0 aliphatic carbocycles. The molecule has 44 heavy (non-hydrogen) atoms. The molecule has 2 N–H and O–H groups in total. The summed E-state index contributed by atoms with van der Waals surface area (Å²) in [7, 11) is 1.54. The third-order valence-electron chi connectivity index (χ3n) is 7.24. The summed E-state index contributed by atoms with van der Waals surface area (Å²) in [5.41, 5.74) is 0.0121. The number of benzene rings is 3. The molecule has 9 nitrogen and oxygen atoms in total. The smallest absolute Gasteiger partial charge is 0.416 e. The summed E-state index contributed by atoms with van der Waals surface area (Å²) in [6.07, 6.45) is -4.66. The van der Waals surface area contributed by atoms with Crippen LogP contribution in [0.15, 0.2) is 82.6 Å². The average Bonchev–Trinajstić information content (AvgIpc) is 3.50. The zero-order valence-electron chi connectivity index (χ0n) is 22.7. The van der Waals surface area contributed by atoms with Gasteiger partial charge in [-0.25, -0.2) is 4.90 Å². The number of aromatic amines is 1. The predicted octanol–water partition coefficient (Wildman–Crippen LogP) is 5.28. The van der Waals surface area contributed by atoms with E-state index in [0.29, 0.717) is 32.7 Å². The van der Waals surface area contributed by atoms with E-state index in [1.54, 1.807) is 48.5 Å². The first-order valence-electron chi connectivity index (χ1n) is 13.1. The Hall–Kier alpha value is -4.56. The lowest BCUT2D eigenvalue weighted by Crippen LogP contribution is -2.32. The minimum atomic E-state index is -4.66. The van der Waals surface area contributed by atoms with Crippen LogP contribution in [-0.4, -0.2) is 41.7 Å². The Labute approximate surface area is 256 Å². The number of ether oxygens (including phenoxy) is 2. The summed E-state index contributed by atoms with van der Waals surface area (Å²) in [5, 5.41) is 2.19. The minimum Gasteiger partial charge on any atom is -0.497 e. The second-order valence-electron chi connectivity index (χ2n) is 9.94. The lowest BCUT2D eigenvalue weighted by Gasteiger charge is -2.29. The van der Waals surface area contributed by atoms with Crippen molar-refractivity contribution < 1.29 is 37.0 Å². The van der Waals surface area contributed by atoms with Crippen molar-refractivity contribution in [2.24, 2.45) is 5.92 Å². The molecule has 0 spiro atoms. The van der Waals surface area contributed by atoms with Gasteiger partial charge in [0.25, 0.3) is 5.91 Å². The van der Waals surface area contributed by atoms with Gasteiger partial charge in [0.2, 0.25) is 11.8 Å². The van der Waals surface area contributed by atoms with Crippen LogP contribution in [0.1, 0.15) is 21.9 Å². The largest absolute Gasteiger partial charge is 0.497 e. The Morgan fingerprint density at radius 1 is 0.977 bits per heavy atom. The van der Waals surface area contributed by atoms with Crippen molar-refractivity contribution in [2.75, 3.05) is 23.9 Å². The van der Waals surface area contributed by atoms with Crippen molar-refractivity contribution in [1.29, 1.82) is 0 Å². The molecule has 3 atom stereocenters. The number of anilines is 2. The van der Waals surface area contributed by atoms with Crippen molar-refractivity contribution in [3.63, 3.8) is 0 Å². The third kappa shape index (κ3) is 5.57. The number of amides is 3. The van der Waals surface area contributed by atoms with Gasteiger partial charge in [-0.15, -0.1) is 0 Å². The van der Waals surface area contributed by atoms with Crippen LogP contribution >= 0.6 is 23.1 Å². The topological polar surface area (TPSA) is 118 Å². The molecular weight excluding hydrogens is 619 g/mol. The highest BCUT2D eigenvalue weighted by Crippen LogP contribution is 2.53. The predicted molar refractivity (Wildman–Crippen MR) is 157 cm³/mol. The maximum atomic E-state index is 13.8. The molecule has 0 saturated carbocycles. The minimum absolute atomic E-state index is 0.169. The highest BCUT2D eigenvalue weighted by atomic mass is 32.2. The number of fused-ring (bicyclic) bond motifs is 2. The molecule has 226 valence electrons. The van der Waals surface area contributed by atoms with Crippen LogP contribution in [0, 0.1) is 5.92 Å². The first-order valence-corrected chi connectivity index (χ1v) is 14.8. The molecule has 3 amide bonds. The number of carbonyl (C=O) groups is 3. The number of alkyl halides is 3. The van der Waals surface area contributed by atoms with Crippen molar-refractivity contribution >= 4 is 52.2 Å². The second-order valence-corrected chi connectivity index (χ2v) is 12.1. The monoisotopic (exact) mass is 641 g/mol. The van der Waals surface area contributed by atoms with Crippen LogP contribution in [0.3, 0.4) is 0 Å². The standard InChI is InChI=1S/C30H22F3N3O6S2/c1-41-19-11-7-17(8-12-19)34-21(37)14-42-20-9-5-15(6-10-20)22-23-25(43-26-24(22)44-29(40)35-26)28(39)36(27(23)38)18-4-2-3-16(13-18)30(31,32)33/h2-13,22-23,25H,14H2,1H3,(H,34,37)(H,35,40). The van der Waals surface area contributed by atoms with E-state index in [-0.39, 0.29) is 17.2 Å². The average molecular weight is 642 g/mol. The highest BCUT2D eigenvalue weighted by molar-refractivity contribution is 8.00. The number of thiazole rings is 1. The summed E-state index contributed by atoms with van der Waals surface area (Å²) >= 11 is 1.94. The van der Waals surface area contributed by atoms with Crippen LogP contribution in [0.5, 0.6) is 11.5 Å². The first-order chi connectivity index (χ1) is 21.0. The van der Waals surface area contributed by atoms with Gasteiger partial charge >= 0.3 is 11.0 Å². The van der Waals surface area contributed by atoms with Crippen LogP contribution in [0.4, 0.5) is 24.5 Å². The van der Waals surface area contributed by atoms with E-state index in [0.717, 1.165) is 46.2 Å². The summed E-state index contributed by atoms with van der Waals surface area (Å²) in [6, 6.07) is 17.4. The maximum Gasteiger partial charge on any atom is 0.416 e. The molecule has 2 aliphatic rings. The lowest BCUT2D eigenvalue weighted by molar-refractivity contribution is -0.137. The fourth-order valence-electron chi connectivity index (χ4n) is 5.24. The molecule has 6 rings (SSSR count). The number of halogens is 3. The van der Waals surface area contributed by atoms with Gasteiger partial charge in [-0.1, -0.05) is 41.3 Å². The summed E-state index contributed by atoms with van der Waals surface area (Å²) in [5.74, 6) is -2.38. The molecule has 14 heteroatoms. The second kappa shape index (κ2) is 11.5. The molecular formula is C30H22F3N3O6S2.